The van der Waals surface area contributed by atoms with Crippen molar-refractivity contribution >= 4 is 41.5 Å². The van der Waals surface area contributed by atoms with Crippen LogP contribution in [-0.4, -0.2) is 43.7 Å². The maximum absolute atomic E-state index is 6.05. The Balaban J connectivity index is 0.00000338. The molecule has 1 N–H and O–H groups in total. The monoisotopic (exact) mass is 492 g/mol. The first-order valence-corrected chi connectivity index (χ1v) is 8.29. The Kier molecular flexibility index (Phi) is 9.07. The Morgan fingerprint density at radius 1 is 1.23 bits per heavy atom. The molecule has 0 aliphatic carbocycles. The van der Waals surface area contributed by atoms with Crippen LogP contribution >= 0.6 is 35.6 Å². The van der Waals surface area contributed by atoms with Crippen molar-refractivity contribution in [2.75, 3.05) is 28.3 Å². The SMILES string of the molecule is CN=C(NCc1ccc(OC)c(OC)c1)N(C)Cc1cc(Cl)cn1C.I. The molecular formula is C18H26ClIN4O2. The van der Waals surface area contributed by atoms with Crippen molar-refractivity contribution in [2.24, 2.45) is 12.0 Å². The summed E-state index contributed by atoms with van der Waals surface area (Å²) < 4.78 is 12.6. The summed E-state index contributed by atoms with van der Waals surface area (Å²) in [6, 6.07) is 7.81. The van der Waals surface area contributed by atoms with Gasteiger partial charge in [-0.2, -0.15) is 0 Å². The molecule has 8 heteroatoms. The highest BCUT2D eigenvalue weighted by Crippen LogP contribution is 2.27. The second-order valence-corrected chi connectivity index (χ2v) is 6.14. The number of ether oxygens (including phenoxy) is 2. The van der Waals surface area contributed by atoms with Crippen LogP contribution in [0, 0.1) is 0 Å². The van der Waals surface area contributed by atoms with Crippen LogP contribution in [0.25, 0.3) is 0 Å². The molecule has 0 fully saturated rings. The topological polar surface area (TPSA) is 51.0 Å². The fourth-order valence-electron chi connectivity index (χ4n) is 2.60. The largest absolute Gasteiger partial charge is 0.493 e. The number of rotatable bonds is 6. The molecule has 6 nitrogen and oxygen atoms in total. The zero-order valence-electron chi connectivity index (χ0n) is 15.7. The number of methoxy groups -OCH3 is 2. The van der Waals surface area contributed by atoms with E-state index in [4.69, 9.17) is 21.1 Å². The van der Waals surface area contributed by atoms with Crippen LogP contribution < -0.4 is 14.8 Å². The minimum atomic E-state index is 0. The molecule has 0 aliphatic heterocycles. The van der Waals surface area contributed by atoms with Crippen LogP contribution in [0.15, 0.2) is 35.5 Å². The van der Waals surface area contributed by atoms with Gasteiger partial charge in [-0.1, -0.05) is 17.7 Å². The Morgan fingerprint density at radius 3 is 2.46 bits per heavy atom. The van der Waals surface area contributed by atoms with Gasteiger partial charge in [-0.3, -0.25) is 4.99 Å². The third kappa shape index (κ3) is 5.70. The van der Waals surface area contributed by atoms with Gasteiger partial charge in [-0.15, -0.1) is 24.0 Å². The standard InChI is InChI=1S/C18H25ClN4O2.HI/c1-20-18(23(3)12-15-9-14(19)11-22(15)2)21-10-13-6-7-16(24-4)17(8-13)25-5;/h6-9,11H,10,12H2,1-5H3,(H,20,21);1H. The van der Waals surface area contributed by atoms with E-state index in [1.54, 1.807) is 21.3 Å². The molecule has 0 unspecified atom stereocenters. The summed E-state index contributed by atoms with van der Waals surface area (Å²) in [6.07, 6.45) is 1.89. The van der Waals surface area contributed by atoms with Gasteiger partial charge in [-0.25, -0.2) is 0 Å². The normalized spacial score (nSPS) is 10.9. The van der Waals surface area contributed by atoms with Crippen LogP contribution in [0.5, 0.6) is 11.5 Å². The first kappa shape index (κ1) is 22.4. The number of benzene rings is 1. The average molecular weight is 493 g/mol. The molecule has 1 heterocycles. The average Bonchev–Trinajstić information content (AvgIpc) is 2.92. The third-order valence-electron chi connectivity index (χ3n) is 3.95. The lowest BCUT2D eigenvalue weighted by Gasteiger charge is -2.22. The number of halogens is 2. The van der Waals surface area contributed by atoms with Gasteiger partial charge in [-0.05, 0) is 23.8 Å². The first-order chi connectivity index (χ1) is 12.0. The molecule has 0 spiro atoms. The molecule has 0 saturated heterocycles. The number of nitrogens with zero attached hydrogens (tertiary/aromatic N) is 3. The molecule has 2 rings (SSSR count). The minimum absolute atomic E-state index is 0. The zero-order chi connectivity index (χ0) is 18.4. The Bertz CT molecular complexity index is 749. The van der Waals surface area contributed by atoms with Gasteiger partial charge in [0, 0.05) is 39.6 Å². The molecule has 1 aromatic carbocycles. The van der Waals surface area contributed by atoms with Crippen molar-refractivity contribution in [2.45, 2.75) is 13.1 Å². The zero-order valence-corrected chi connectivity index (χ0v) is 18.8. The number of hydrogen-bond donors (Lipinski definition) is 1. The van der Waals surface area contributed by atoms with E-state index >= 15 is 0 Å². The van der Waals surface area contributed by atoms with Crippen LogP contribution in [0.1, 0.15) is 11.3 Å². The van der Waals surface area contributed by atoms with Gasteiger partial charge < -0.3 is 24.3 Å². The second kappa shape index (κ2) is 10.5. The van der Waals surface area contributed by atoms with Crippen LogP contribution in [0.3, 0.4) is 0 Å². The van der Waals surface area contributed by atoms with Crippen LogP contribution in [-0.2, 0) is 20.1 Å². The number of aromatic nitrogens is 1. The molecule has 26 heavy (non-hydrogen) atoms. The van der Waals surface area contributed by atoms with Crippen LogP contribution in [0.4, 0.5) is 0 Å². The van der Waals surface area contributed by atoms with Crippen molar-refractivity contribution in [1.29, 1.82) is 0 Å². The van der Waals surface area contributed by atoms with Crippen molar-refractivity contribution in [3.8, 4) is 11.5 Å². The second-order valence-electron chi connectivity index (χ2n) is 5.71. The van der Waals surface area contributed by atoms with Gasteiger partial charge in [0.05, 0.1) is 25.8 Å². The summed E-state index contributed by atoms with van der Waals surface area (Å²) in [5.74, 6) is 2.23. The smallest absolute Gasteiger partial charge is 0.194 e. The molecule has 144 valence electrons. The maximum Gasteiger partial charge on any atom is 0.194 e. The van der Waals surface area contributed by atoms with Crippen molar-refractivity contribution in [1.82, 2.24) is 14.8 Å². The first-order valence-electron chi connectivity index (χ1n) is 7.92. The molecular weight excluding hydrogens is 467 g/mol. The third-order valence-corrected chi connectivity index (χ3v) is 4.15. The van der Waals surface area contributed by atoms with E-state index in [0.717, 1.165) is 22.2 Å². The lowest BCUT2D eigenvalue weighted by atomic mass is 10.2. The van der Waals surface area contributed by atoms with Crippen LogP contribution in [0.2, 0.25) is 5.02 Å². The molecule has 2 aromatic rings. The van der Waals surface area contributed by atoms with E-state index in [1.165, 1.54) is 0 Å². The summed E-state index contributed by atoms with van der Waals surface area (Å²) in [5.41, 5.74) is 2.19. The maximum atomic E-state index is 6.05. The molecule has 1 aromatic heterocycles. The lowest BCUT2D eigenvalue weighted by Crippen LogP contribution is -2.38. The molecule has 0 radical (unpaired) electrons. The van der Waals surface area contributed by atoms with E-state index in [0.29, 0.717) is 24.6 Å². The number of aliphatic imine (C=N–C) groups is 1. The fourth-order valence-corrected chi connectivity index (χ4v) is 2.87. The fraction of sp³-hybridized carbons (Fsp3) is 0.389. The summed E-state index contributed by atoms with van der Waals surface area (Å²) in [5, 5.41) is 4.09. The molecule has 0 amide bonds. The number of aryl methyl sites for hydroxylation is 1. The van der Waals surface area contributed by atoms with Gasteiger partial charge in [0.1, 0.15) is 0 Å². The van der Waals surface area contributed by atoms with E-state index in [-0.39, 0.29) is 24.0 Å². The molecule has 0 atom stereocenters. The summed E-state index contributed by atoms with van der Waals surface area (Å²) >= 11 is 6.05. The molecule has 0 aliphatic rings. The number of hydrogen-bond acceptors (Lipinski definition) is 3. The highest BCUT2D eigenvalue weighted by molar-refractivity contribution is 14.0. The molecule has 0 bridgehead atoms. The number of guanidine groups is 1. The quantitative estimate of drug-likeness (QED) is 0.381. The minimum Gasteiger partial charge on any atom is -0.493 e. The predicted octanol–water partition coefficient (Wildman–Crippen LogP) is 3.52. The summed E-state index contributed by atoms with van der Waals surface area (Å²) in [4.78, 5) is 6.39. The highest BCUT2D eigenvalue weighted by atomic mass is 127. The Morgan fingerprint density at radius 2 is 1.92 bits per heavy atom. The summed E-state index contributed by atoms with van der Waals surface area (Å²) in [7, 11) is 9.00. The molecule has 0 saturated carbocycles. The van der Waals surface area contributed by atoms with Crippen molar-refractivity contribution in [3.63, 3.8) is 0 Å². The van der Waals surface area contributed by atoms with Crippen molar-refractivity contribution < 1.29 is 9.47 Å². The van der Waals surface area contributed by atoms with E-state index < -0.39 is 0 Å². The predicted molar refractivity (Wildman–Crippen MR) is 117 cm³/mol. The van der Waals surface area contributed by atoms with E-state index in [2.05, 4.69) is 10.3 Å². The van der Waals surface area contributed by atoms with Crippen molar-refractivity contribution in [3.05, 3.63) is 46.7 Å². The Hall–Kier alpha value is -1.61. The lowest BCUT2D eigenvalue weighted by molar-refractivity contribution is 0.354. The van der Waals surface area contributed by atoms with E-state index in [9.17, 15) is 0 Å². The van der Waals surface area contributed by atoms with Gasteiger partial charge in [0.25, 0.3) is 0 Å². The summed E-state index contributed by atoms with van der Waals surface area (Å²) in [6.45, 7) is 1.33. The van der Waals surface area contributed by atoms with Gasteiger partial charge >= 0.3 is 0 Å². The van der Waals surface area contributed by atoms with E-state index in [1.807, 2.05) is 54.0 Å². The van der Waals surface area contributed by atoms with Gasteiger partial charge in [0.2, 0.25) is 0 Å². The highest BCUT2D eigenvalue weighted by Gasteiger charge is 2.10. The Labute approximate surface area is 177 Å². The van der Waals surface area contributed by atoms with Gasteiger partial charge in [0.15, 0.2) is 17.5 Å². The number of nitrogens with one attached hydrogen (secondary N) is 1.